The van der Waals surface area contributed by atoms with Crippen LogP contribution in [0.3, 0.4) is 0 Å². The van der Waals surface area contributed by atoms with Gasteiger partial charge in [-0.2, -0.15) is 0 Å². The Morgan fingerprint density at radius 2 is 2.09 bits per heavy atom. The maximum Gasteiger partial charge on any atom is 0.304 e. The van der Waals surface area contributed by atoms with Crippen LogP contribution in [-0.4, -0.2) is 59.9 Å². The van der Waals surface area contributed by atoms with Crippen LogP contribution in [0.2, 0.25) is 0 Å². The van der Waals surface area contributed by atoms with Crippen molar-refractivity contribution < 1.29 is 23.9 Å². The molecule has 0 aromatic heterocycles. The van der Waals surface area contributed by atoms with E-state index in [4.69, 9.17) is 0 Å². The van der Waals surface area contributed by atoms with Gasteiger partial charge in [-0.1, -0.05) is 12.1 Å². The zero-order chi connectivity index (χ0) is 17.2. The van der Waals surface area contributed by atoms with Gasteiger partial charge in [-0.15, -0.1) is 0 Å². The highest BCUT2D eigenvalue weighted by Crippen LogP contribution is 2.40. The fourth-order valence-electron chi connectivity index (χ4n) is 2.84. The highest BCUT2D eigenvalue weighted by molar-refractivity contribution is 6.10. The van der Waals surface area contributed by atoms with E-state index >= 15 is 0 Å². The van der Waals surface area contributed by atoms with E-state index in [0.29, 0.717) is 6.54 Å². The normalized spacial score (nSPS) is 21.3. The van der Waals surface area contributed by atoms with Crippen LogP contribution in [0.25, 0.3) is 0 Å². The van der Waals surface area contributed by atoms with Crippen LogP contribution in [0.4, 0.5) is 4.39 Å². The molecule has 1 aromatic rings. The Kier molecular flexibility index (Phi) is 4.79. The summed E-state index contributed by atoms with van der Waals surface area (Å²) < 4.78 is 13.5. The van der Waals surface area contributed by atoms with Crippen LogP contribution >= 0.6 is 0 Å². The van der Waals surface area contributed by atoms with Gasteiger partial charge in [0.2, 0.25) is 11.8 Å². The molecule has 1 aliphatic rings. The molecule has 1 saturated heterocycles. The third-order valence-corrected chi connectivity index (χ3v) is 4.01. The summed E-state index contributed by atoms with van der Waals surface area (Å²) in [5, 5.41) is 9.19. The van der Waals surface area contributed by atoms with Crippen molar-refractivity contribution in [3.8, 4) is 0 Å². The largest absolute Gasteiger partial charge is 0.481 e. The number of halogens is 1. The lowest BCUT2D eigenvalue weighted by atomic mass is 9.76. The molecule has 1 N–H and O–H groups in total. The number of carboxylic acids is 1. The zero-order valence-electron chi connectivity index (χ0n) is 13.1. The summed E-state index contributed by atoms with van der Waals surface area (Å²) in [5.41, 5.74) is -1.30. The van der Waals surface area contributed by atoms with Crippen molar-refractivity contribution in [2.75, 3.05) is 27.2 Å². The molecule has 0 aliphatic carbocycles. The third kappa shape index (κ3) is 3.39. The van der Waals surface area contributed by atoms with E-state index in [9.17, 15) is 23.9 Å². The van der Waals surface area contributed by atoms with Crippen molar-refractivity contribution in [1.29, 1.82) is 0 Å². The Bertz CT molecular complexity index is 647. The molecule has 7 heteroatoms. The lowest BCUT2D eigenvalue weighted by Gasteiger charge is -2.26. The van der Waals surface area contributed by atoms with E-state index in [1.165, 1.54) is 18.2 Å². The average molecular weight is 322 g/mol. The summed E-state index contributed by atoms with van der Waals surface area (Å²) in [7, 11) is 3.62. The topological polar surface area (TPSA) is 77.9 Å². The molecule has 23 heavy (non-hydrogen) atoms. The van der Waals surface area contributed by atoms with E-state index in [0.717, 1.165) is 11.0 Å². The second-order valence-electron chi connectivity index (χ2n) is 5.99. The molecule has 2 rings (SSSR count). The molecule has 1 aromatic carbocycles. The highest BCUT2D eigenvalue weighted by atomic mass is 19.1. The van der Waals surface area contributed by atoms with Crippen LogP contribution in [0.1, 0.15) is 18.4 Å². The van der Waals surface area contributed by atoms with Gasteiger partial charge in [0.25, 0.3) is 0 Å². The lowest BCUT2D eigenvalue weighted by molar-refractivity contribution is -0.145. The standard InChI is InChI=1S/C16H19FN2O4/c1-18(2)6-7-19-13(20)9-16(15(19)23,10-14(21)22)11-4-3-5-12(17)8-11/h3-5,8H,6-7,9-10H2,1-2H3,(H,21,22)/t16-/m1/s1. The highest BCUT2D eigenvalue weighted by Gasteiger charge is 2.53. The number of hydrogen-bond acceptors (Lipinski definition) is 4. The minimum absolute atomic E-state index is 0.182. The van der Waals surface area contributed by atoms with Crippen molar-refractivity contribution in [2.45, 2.75) is 18.3 Å². The van der Waals surface area contributed by atoms with Crippen LogP contribution in [-0.2, 0) is 19.8 Å². The number of hydrogen-bond donors (Lipinski definition) is 1. The second-order valence-corrected chi connectivity index (χ2v) is 5.99. The van der Waals surface area contributed by atoms with Gasteiger partial charge in [-0.25, -0.2) is 4.39 Å². The van der Waals surface area contributed by atoms with E-state index in [2.05, 4.69) is 0 Å². The third-order valence-electron chi connectivity index (χ3n) is 4.01. The fourth-order valence-corrected chi connectivity index (χ4v) is 2.84. The fraction of sp³-hybridized carbons (Fsp3) is 0.438. The molecule has 0 bridgehead atoms. The van der Waals surface area contributed by atoms with Gasteiger partial charge >= 0.3 is 5.97 Å². The van der Waals surface area contributed by atoms with Gasteiger partial charge in [-0.3, -0.25) is 19.3 Å². The summed E-state index contributed by atoms with van der Waals surface area (Å²) in [4.78, 5) is 39.2. The Morgan fingerprint density at radius 3 is 2.65 bits per heavy atom. The summed E-state index contributed by atoms with van der Waals surface area (Å²) in [6.07, 6.45) is -0.797. The zero-order valence-corrected chi connectivity index (χ0v) is 13.1. The van der Waals surface area contributed by atoms with Gasteiger partial charge in [0.15, 0.2) is 0 Å². The monoisotopic (exact) mass is 322 g/mol. The molecule has 6 nitrogen and oxygen atoms in total. The minimum Gasteiger partial charge on any atom is -0.481 e. The Hall–Kier alpha value is -2.28. The first-order valence-corrected chi connectivity index (χ1v) is 7.23. The number of rotatable bonds is 6. The lowest BCUT2D eigenvalue weighted by Crippen LogP contribution is -2.42. The summed E-state index contributed by atoms with van der Waals surface area (Å²) in [5.74, 6) is -2.77. The maximum absolute atomic E-state index is 13.5. The van der Waals surface area contributed by atoms with E-state index in [-0.39, 0.29) is 18.5 Å². The molecule has 2 amide bonds. The van der Waals surface area contributed by atoms with Crippen LogP contribution in [0.5, 0.6) is 0 Å². The van der Waals surface area contributed by atoms with Gasteiger partial charge in [0, 0.05) is 19.5 Å². The predicted molar refractivity (Wildman–Crippen MR) is 80.2 cm³/mol. The van der Waals surface area contributed by atoms with Gasteiger partial charge in [-0.05, 0) is 31.8 Å². The molecule has 0 saturated carbocycles. The van der Waals surface area contributed by atoms with Gasteiger partial charge < -0.3 is 10.0 Å². The number of aliphatic carboxylic acids is 1. The molecule has 0 unspecified atom stereocenters. The number of imide groups is 1. The summed E-state index contributed by atoms with van der Waals surface area (Å²) >= 11 is 0. The van der Waals surface area contributed by atoms with Crippen molar-refractivity contribution in [2.24, 2.45) is 0 Å². The van der Waals surface area contributed by atoms with E-state index in [1.54, 1.807) is 0 Å². The van der Waals surface area contributed by atoms with Crippen LogP contribution in [0, 0.1) is 5.82 Å². The Morgan fingerprint density at radius 1 is 1.39 bits per heavy atom. The second kappa shape index (κ2) is 6.45. The minimum atomic E-state index is -1.53. The van der Waals surface area contributed by atoms with Gasteiger partial charge in [0.1, 0.15) is 5.82 Å². The SMILES string of the molecule is CN(C)CCN1C(=O)C[C@@](CC(=O)O)(c2cccc(F)c2)C1=O. The Balaban J connectivity index is 2.41. The predicted octanol–water partition coefficient (Wildman–Crippen LogP) is 0.859. The smallest absolute Gasteiger partial charge is 0.304 e. The molecule has 1 aliphatic heterocycles. The number of likely N-dealkylation sites (tertiary alicyclic amines) is 1. The molecular formula is C16H19FN2O4. The molecule has 1 heterocycles. The first-order valence-electron chi connectivity index (χ1n) is 7.23. The first kappa shape index (κ1) is 17.1. The van der Waals surface area contributed by atoms with Crippen molar-refractivity contribution >= 4 is 17.8 Å². The van der Waals surface area contributed by atoms with Crippen LogP contribution in [0.15, 0.2) is 24.3 Å². The average Bonchev–Trinajstić information content (AvgIpc) is 2.68. The first-order chi connectivity index (χ1) is 10.8. The molecule has 0 radical (unpaired) electrons. The van der Waals surface area contributed by atoms with Crippen molar-refractivity contribution in [3.05, 3.63) is 35.6 Å². The van der Waals surface area contributed by atoms with Crippen molar-refractivity contribution in [1.82, 2.24) is 9.80 Å². The maximum atomic E-state index is 13.5. The number of nitrogens with zero attached hydrogens (tertiary/aromatic N) is 2. The van der Waals surface area contributed by atoms with Crippen LogP contribution < -0.4 is 0 Å². The molecule has 1 fully saturated rings. The quantitative estimate of drug-likeness (QED) is 0.786. The van der Waals surface area contributed by atoms with E-state index in [1.807, 2.05) is 19.0 Å². The van der Waals surface area contributed by atoms with Gasteiger partial charge in [0.05, 0.1) is 11.8 Å². The molecule has 0 spiro atoms. The molecule has 124 valence electrons. The number of likely N-dealkylation sites (N-methyl/N-ethyl adjacent to an activating group) is 1. The number of carboxylic acid groups (broad SMARTS) is 1. The molecular weight excluding hydrogens is 303 g/mol. The summed E-state index contributed by atoms with van der Waals surface area (Å²) in [6, 6.07) is 5.24. The van der Waals surface area contributed by atoms with E-state index < -0.39 is 35.4 Å². The summed E-state index contributed by atoms with van der Waals surface area (Å²) in [6.45, 7) is 0.658. The number of carbonyl (C=O) groups is 3. The van der Waals surface area contributed by atoms with Crippen molar-refractivity contribution in [3.63, 3.8) is 0 Å². The number of carbonyl (C=O) groups excluding carboxylic acids is 2. The molecule has 1 atom stereocenters. The number of benzene rings is 1. The number of amides is 2. The Labute approximate surface area is 133 Å².